The fraction of sp³-hybridized carbons (Fsp3) is 0.320. The second kappa shape index (κ2) is 7.85. The van der Waals surface area contributed by atoms with Gasteiger partial charge in [-0.2, -0.15) is 0 Å². The number of aryl methyl sites for hydroxylation is 1. The molecule has 1 saturated heterocycles. The molecule has 5 rings (SSSR count). The molecule has 31 heavy (non-hydrogen) atoms. The number of hydrogen-bond acceptors (Lipinski definition) is 4. The zero-order chi connectivity index (χ0) is 21.5. The average Bonchev–Trinajstić information content (AvgIpc) is 3.56. The number of fused-ring (bicyclic) bond motifs is 1. The Labute approximate surface area is 180 Å². The largest absolute Gasteiger partial charge is 0.377 e. The minimum Gasteiger partial charge on any atom is -0.377 e. The standard InChI is InChI=1S/C25H24FN3O2/c1-14-3-8-21(15(2)28-20-12-31-13-20)24(26)23(14)18-7-6-17-10-22(27-11-19(17)9-18)29-25(30)16-4-5-16/h3,6-11,16,20H,4-5,12-13H2,1-2H3,(H,27,29,30). The van der Waals surface area contributed by atoms with Gasteiger partial charge in [0.25, 0.3) is 0 Å². The zero-order valence-electron chi connectivity index (χ0n) is 17.6. The van der Waals surface area contributed by atoms with Crippen LogP contribution in [-0.4, -0.2) is 35.9 Å². The first-order valence-corrected chi connectivity index (χ1v) is 10.6. The number of rotatable bonds is 5. The van der Waals surface area contributed by atoms with Crippen LogP contribution in [0.15, 0.2) is 47.6 Å². The summed E-state index contributed by atoms with van der Waals surface area (Å²) in [5.74, 6) is 0.445. The highest BCUT2D eigenvalue weighted by Gasteiger charge is 2.29. The van der Waals surface area contributed by atoms with Crippen LogP contribution in [0.1, 0.15) is 30.9 Å². The number of amides is 1. The molecule has 0 radical (unpaired) electrons. The number of aromatic nitrogens is 1. The van der Waals surface area contributed by atoms with Gasteiger partial charge in [0.1, 0.15) is 11.6 Å². The van der Waals surface area contributed by atoms with Crippen LogP contribution in [-0.2, 0) is 9.53 Å². The van der Waals surface area contributed by atoms with Gasteiger partial charge in [-0.1, -0.05) is 18.2 Å². The molecule has 1 N–H and O–H groups in total. The van der Waals surface area contributed by atoms with Gasteiger partial charge < -0.3 is 10.1 Å². The van der Waals surface area contributed by atoms with E-state index in [0.29, 0.717) is 35.9 Å². The number of nitrogens with one attached hydrogen (secondary N) is 1. The third kappa shape index (κ3) is 3.95. The monoisotopic (exact) mass is 417 g/mol. The van der Waals surface area contributed by atoms with Crippen molar-refractivity contribution in [2.24, 2.45) is 10.9 Å². The summed E-state index contributed by atoms with van der Waals surface area (Å²) >= 11 is 0. The SMILES string of the molecule is CC(=NC1COC1)c1ccc(C)c(-c2ccc3cc(NC(=O)C4CC4)ncc3c2)c1F. The molecule has 1 aromatic heterocycles. The van der Waals surface area contributed by atoms with Crippen LogP contribution < -0.4 is 5.32 Å². The number of pyridine rings is 1. The number of carbonyl (C=O) groups is 1. The summed E-state index contributed by atoms with van der Waals surface area (Å²) in [6, 6.07) is 11.5. The van der Waals surface area contributed by atoms with Gasteiger partial charge >= 0.3 is 0 Å². The Morgan fingerprint density at radius 2 is 1.97 bits per heavy atom. The van der Waals surface area contributed by atoms with Crippen molar-refractivity contribution in [2.75, 3.05) is 18.5 Å². The van der Waals surface area contributed by atoms with Crippen molar-refractivity contribution in [2.45, 2.75) is 32.7 Å². The lowest BCUT2D eigenvalue weighted by Crippen LogP contribution is -2.32. The molecule has 0 unspecified atom stereocenters. The maximum absolute atomic E-state index is 15.6. The van der Waals surface area contributed by atoms with Crippen LogP contribution in [0.3, 0.4) is 0 Å². The first kappa shape index (κ1) is 19.8. The fourth-order valence-electron chi connectivity index (χ4n) is 3.89. The van der Waals surface area contributed by atoms with Crippen molar-refractivity contribution in [3.8, 4) is 11.1 Å². The Morgan fingerprint density at radius 1 is 1.16 bits per heavy atom. The molecular formula is C25H24FN3O2. The first-order chi connectivity index (χ1) is 15.0. The molecule has 1 amide bonds. The Hall–Kier alpha value is -3.12. The quantitative estimate of drug-likeness (QED) is 0.600. The maximum Gasteiger partial charge on any atom is 0.228 e. The first-order valence-electron chi connectivity index (χ1n) is 10.6. The minimum absolute atomic E-state index is 0.0310. The van der Waals surface area contributed by atoms with Crippen LogP contribution in [0, 0.1) is 18.7 Å². The second-order valence-electron chi connectivity index (χ2n) is 8.42. The third-order valence-corrected chi connectivity index (χ3v) is 5.95. The van der Waals surface area contributed by atoms with Crippen molar-refractivity contribution < 1.29 is 13.9 Å². The lowest BCUT2D eigenvalue weighted by atomic mass is 9.94. The van der Waals surface area contributed by atoms with E-state index in [1.54, 1.807) is 12.3 Å². The van der Waals surface area contributed by atoms with Gasteiger partial charge in [0.15, 0.2) is 0 Å². The molecule has 5 nitrogen and oxygen atoms in total. The molecule has 1 aliphatic heterocycles. The van der Waals surface area contributed by atoms with E-state index in [0.717, 1.165) is 34.7 Å². The van der Waals surface area contributed by atoms with Crippen molar-refractivity contribution in [3.05, 3.63) is 59.5 Å². The molecule has 0 spiro atoms. The molecule has 1 saturated carbocycles. The van der Waals surface area contributed by atoms with Gasteiger partial charge in [0.2, 0.25) is 5.91 Å². The van der Waals surface area contributed by atoms with Crippen molar-refractivity contribution in [1.82, 2.24) is 4.98 Å². The highest BCUT2D eigenvalue weighted by molar-refractivity contribution is 6.01. The van der Waals surface area contributed by atoms with Crippen molar-refractivity contribution in [1.29, 1.82) is 0 Å². The second-order valence-corrected chi connectivity index (χ2v) is 8.42. The predicted molar refractivity (Wildman–Crippen MR) is 120 cm³/mol. The summed E-state index contributed by atoms with van der Waals surface area (Å²) in [6.45, 7) is 4.95. The van der Waals surface area contributed by atoms with Crippen LogP contribution in [0.5, 0.6) is 0 Å². The van der Waals surface area contributed by atoms with Crippen molar-refractivity contribution >= 4 is 28.2 Å². The summed E-state index contributed by atoms with van der Waals surface area (Å²) < 4.78 is 20.7. The van der Waals surface area contributed by atoms with Crippen LogP contribution in [0.25, 0.3) is 21.9 Å². The van der Waals surface area contributed by atoms with E-state index in [-0.39, 0.29) is 23.7 Å². The molecular weight excluding hydrogens is 393 g/mol. The van der Waals surface area contributed by atoms with Gasteiger partial charge in [-0.3, -0.25) is 9.79 Å². The molecule has 3 aromatic rings. The molecule has 2 heterocycles. The lowest BCUT2D eigenvalue weighted by Gasteiger charge is -2.23. The number of benzene rings is 2. The molecule has 2 fully saturated rings. The minimum atomic E-state index is -0.262. The summed E-state index contributed by atoms with van der Waals surface area (Å²) in [5.41, 5.74) is 3.43. The number of nitrogens with zero attached hydrogens (tertiary/aromatic N) is 2. The van der Waals surface area contributed by atoms with E-state index in [2.05, 4.69) is 15.3 Å². The Bertz CT molecular complexity index is 1210. The predicted octanol–water partition coefficient (Wildman–Crippen LogP) is 4.91. The number of halogens is 1. The third-order valence-electron chi connectivity index (χ3n) is 5.95. The van der Waals surface area contributed by atoms with E-state index in [1.165, 1.54) is 0 Å². The average molecular weight is 417 g/mol. The topological polar surface area (TPSA) is 63.6 Å². The summed E-state index contributed by atoms with van der Waals surface area (Å²) in [6.07, 6.45) is 3.62. The molecule has 2 aromatic carbocycles. The molecule has 1 aliphatic carbocycles. The lowest BCUT2D eigenvalue weighted by molar-refractivity contribution is -0.117. The van der Waals surface area contributed by atoms with Crippen LogP contribution >= 0.6 is 0 Å². The van der Waals surface area contributed by atoms with Crippen LogP contribution in [0.4, 0.5) is 10.2 Å². The number of ether oxygens (including phenoxy) is 1. The Balaban J connectivity index is 1.48. The van der Waals surface area contributed by atoms with E-state index in [9.17, 15) is 4.79 Å². The number of aliphatic imine (C=N–C) groups is 1. The van der Waals surface area contributed by atoms with Gasteiger partial charge in [-0.25, -0.2) is 9.37 Å². The van der Waals surface area contributed by atoms with Gasteiger partial charge in [0.05, 0.1) is 19.3 Å². The van der Waals surface area contributed by atoms with Crippen LogP contribution in [0.2, 0.25) is 0 Å². The van der Waals surface area contributed by atoms with Gasteiger partial charge in [0, 0.05) is 34.3 Å². The fourth-order valence-corrected chi connectivity index (χ4v) is 3.89. The highest BCUT2D eigenvalue weighted by Crippen LogP contribution is 2.33. The highest BCUT2D eigenvalue weighted by atomic mass is 19.1. The summed E-state index contributed by atoms with van der Waals surface area (Å²) in [5, 5.41) is 4.71. The molecule has 0 bridgehead atoms. The zero-order valence-corrected chi connectivity index (χ0v) is 17.6. The summed E-state index contributed by atoms with van der Waals surface area (Å²) in [7, 11) is 0. The van der Waals surface area contributed by atoms with Crippen molar-refractivity contribution in [3.63, 3.8) is 0 Å². The normalized spacial score (nSPS) is 16.9. The van der Waals surface area contributed by atoms with E-state index >= 15 is 4.39 Å². The smallest absolute Gasteiger partial charge is 0.228 e. The number of anilines is 1. The molecule has 6 heteroatoms. The number of hydrogen-bond donors (Lipinski definition) is 1. The van der Waals surface area contributed by atoms with E-state index < -0.39 is 0 Å². The van der Waals surface area contributed by atoms with E-state index in [4.69, 9.17) is 4.74 Å². The van der Waals surface area contributed by atoms with E-state index in [1.807, 2.05) is 44.2 Å². The molecule has 0 atom stereocenters. The number of carbonyl (C=O) groups excluding carboxylic acids is 1. The van der Waals surface area contributed by atoms with Gasteiger partial charge in [-0.15, -0.1) is 0 Å². The Kier molecular flexibility index (Phi) is 5.02. The summed E-state index contributed by atoms with van der Waals surface area (Å²) in [4.78, 5) is 21.0. The Morgan fingerprint density at radius 3 is 2.68 bits per heavy atom. The maximum atomic E-state index is 15.6. The molecule has 2 aliphatic rings. The molecule has 158 valence electrons. The van der Waals surface area contributed by atoms with Gasteiger partial charge in [-0.05, 0) is 61.4 Å².